The Morgan fingerprint density at radius 1 is 1.31 bits per heavy atom. The number of nitrogens with one attached hydrogen (secondary N) is 1. The summed E-state index contributed by atoms with van der Waals surface area (Å²) >= 11 is 13.4. The molecular formula is C17H21Cl2N5OS. The van der Waals surface area contributed by atoms with Gasteiger partial charge in [0.1, 0.15) is 0 Å². The number of hydrogen-bond acceptors (Lipinski definition) is 5. The molecule has 1 aliphatic carbocycles. The Morgan fingerprint density at radius 3 is 2.73 bits per heavy atom. The number of thioether (sulfide) groups is 1. The van der Waals surface area contributed by atoms with Crippen molar-refractivity contribution in [3.8, 4) is 11.4 Å². The Hall–Kier alpha value is -1.44. The zero-order valence-electron chi connectivity index (χ0n) is 14.4. The van der Waals surface area contributed by atoms with Crippen molar-refractivity contribution in [1.82, 2.24) is 20.2 Å². The summed E-state index contributed by atoms with van der Waals surface area (Å²) in [5.74, 6) is 6.54. The van der Waals surface area contributed by atoms with Gasteiger partial charge in [0.25, 0.3) is 0 Å². The smallest absolute Gasteiger partial charge is 0.233 e. The Morgan fingerprint density at radius 2 is 2.04 bits per heavy atom. The van der Waals surface area contributed by atoms with Crippen LogP contribution in [0.5, 0.6) is 0 Å². The van der Waals surface area contributed by atoms with Crippen LogP contribution in [-0.4, -0.2) is 32.1 Å². The molecule has 9 heteroatoms. The Labute approximate surface area is 166 Å². The molecule has 140 valence electrons. The number of halogens is 2. The summed E-state index contributed by atoms with van der Waals surface area (Å²) < 4.78 is 1.35. The van der Waals surface area contributed by atoms with Gasteiger partial charge in [-0.1, -0.05) is 54.2 Å². The van der Waals surface area contributed by atoms with Crippen LogP contribution in [0.25, 0.3) is 11.4 Å². The number of benzene rings is 1. The van der Waals surface area contributed by atoms with Gasteiger partial charge in [-0.25, -0.2) is 4.68 Å². The molecule has 6 nitrogen and oxygen atoms in total. The number of rotatable bonds is 5. The maximum absolute atomic E-state index is 12.4. The molecule has 0 aliphatic heterocycles. The Balaban J connectivity index is 1.68. The average Bonchev–Trinajstić information content (AvgIpc) is 2.96. The molecule has 3 rings (SSSR count). The fraction of sp³-hybridized carbons (Fsp3) is 0.471. The molecule has 1 aromatic carbocycles. The quantitative estimate of drug-likeness (QED) is 0.573. The third-order valence-electron chi connectivity index (χ3n) is 4.44. The van der Waals surface area contributed by atoms with E-state index in [2.05, 4.69) is 15.5 Å². The molecule has 1 atom stereocenters. The number of carbonyl (C=O) groups is 1. The van der Waals surface area contributed by atoms with Crippen molar-refractivity contribution in [2.45, 2.75) is 55.5 Å². The summed E-state index contributed by atoms with van der Waals surface area (Å²) in [5, 5.41) is 12.4. The zero-order chi connectivity index (χ0) is 18.7. The third-order valence-corrected chi connectivity index (χ3v) is 6.04. The Kier molecular flexibility index (Phi) is 6.32. The second-order valence-electron chi connectivity index (χ2n) is 6.40. The lowest BCUT2D eigenvalue weighted by molar-refractivity contribution is -0.121. The molecule has 1 amide bonds. The van der Waals surface area contributed by atoms with Gasteiger partial charge in [-0.05, 0) is 38.0 Å². The van der Waals surface area contributed by atoms with Gasteiger partial charge in [-0.2, -0.15) is 0 Å². The van der Waals surface area contributed by atoms with E-state index in [-0.39, 0.29) is 17.2 Å². The lowest BCUT2D eigenvalue weighted by Gasteiger charge is -2.24. The molecule has 1 heterocycles. The monoisotopic (exact) mass is 413 g/mol. The second-order valence-corrected chi connectivity index (χ2v) is 8.56. The lowest BCUT2D eigenvalue weighted by Crippen LogP contribution is -2.40. The summed E-state index contributed by atoms with van der Waals surface area (Å²) in [6.45, 7) is 1.84. The summed E-state index contributed by atoms with van der Waals surface area (Å²) in [4.78, 5) is 12.4. The van der Waals surface area contributed by atoms with Crippen molar-refractivity contribution in [1.29, 1.82) is 0 Å². The van der Waals surface area contributed by atoms with Gasteiger partial charge < -0.3 is 11.2 Å². The van der Waals surface area contributed by atoms with Crippen LogP contribution in [0.4, 0.5) is 0 Å². The van der Waals surface area contributed by atoms with Crippen LogP contribution in [0.3, 0.4) is 0 Å². The summed E-state index contributed by atoms with van der Waals surface area (Å²) in [6.07, 6.45) is 5.71. The number of aromatic nitrogens is 3. The number of hydrogen-bond donors (Lipinski definition) is 2. The summed E-state index contributed by atoms with van der Waals surface area (Å²) in [7, 11) is 0. The van der Waals surface area contributed by atoms with Crippen LogP contribution in [0.1, 0.15) is 39.0 Å². The van der Waals surface area contributed by atoms with Crippen molar-refractivity contribution in [3.05, 3.63) is 28.2 Å². The predicted molar refractivity (Wildman–Crippen MR) is 106 cm³/mol. The zero-order valence-corrected chi connectivity index (χ0v) is 16.7. The highest BCUT2D eigenvalue weighted by Gasteiger charge is 2.23. The van der Waals surface area contributed by atoms with E-state index in [4.69, 9.17) is 29.0 Å². The molecule has 0 unspecified atom stereocenters. The molecule has 0 bridgehead atoms. The van der Waals surface area contributed by atoms with Crippen LogP contribution in [0.2, 0.25) is 10.0 Å². The topological polar surface area (TPSA) is 85.8 Å². The van der Waals surface area contributed by atoms with Crippen LogP contribution in [-0.2, 0) is 4.79 Å². The van der Waals surface area contributed by atoms with Gasteiger partial charge in [0.05, 0.1) is 10.3 Å². The van der Waals surface area contributed by atoms with E-state index in [0.717, 1.165) is 12.8 Å². The number of carbonyl (C=O) groups excluding carboxylic acids is 1. The number of nitrogen functional groups attached to an aromatic ring is 1. The van der Waals surface area contributed by atoms with Gasteiger partial charge >= 0.3 is 0 Å². The van der Waals surface area contributed by atoms with Crippen molar-refractivity contribution >= 4 is 40.9 Å². The highest BCUT2D eigenvalue weighted by atomic mass is 35.5. The molecule has 0 saturated heterocycles. The van der Waals surface area contributed by atoms with Gasteiger partial charge in [0.2, 0.25) is 11.1 Å². The van der Waals surface area contributed by atoms with Crippen molar-refractivity contribution in [2.24, 2.45) is 0 Å². The maximum atomic E-state index is 12.4. The standard InChI is InChI=1S/C17H21Cl2N5OS/c1-10(16(25)21-12-5-3-2-4-6-12)26-17-23-22-15(24(17)20)13-8-7-11(18)9-14(13)19/h7-10,12H,2-6,20H2,1H3,(H,21,25)/t10-/m1/s1. The molecule has 2 aromatic rings. The minimum Gasteiger partial charge on any atom is -0.352 e. The molecule has 0 spiro atoms. The minimum atomic E-state index is -0.322. The third kappa shape index (κ3) is 4.45. The van der Waals surface area contributed by atoms with E-state index in [1.807, 2.05) is 6.92 Å². The first-order valence-electron chi connectivity index (χ1n) is 8.58. The van der Waals surface area contributed by atoms with E-state index in [0.29, 0.717) is 26.6 Å². The predicted octanol–water partition coefficient (Wildman–Crippen LogP) is 3.90. The van der Waals surface area contributed by atoms with Crippen LogP contribution in [0.15, 0.2) is 23.4 Å². The van der Waals surface area contributed by atoms with Crippen molar-refractivity contribution in [2.75, 3.05) is 5.84 Å². The number of nitrogens with two attached hydrogens (primary N) is 1. The lowest BCUT2D eigenvalue weighted by atomic mass is 9.95. The normalized spacial score (nSPS) is 16.4. The van der Waals surface area contributed by atoms with E-state index in [1.54, 1.807) is 18.2 Å². The van der Waals surface area contributed by atoms with E-state index >= 15 is 0 Å². The van der Waals surface area contributed by atoms with E-state index in [1.165, 1.54) is 35.7 Å². The largest absolute Gasteiger partial charge is 0.352 e. The Bertz CT molecular complexity index is 791. The summed E-state index contributed by atoms with van der Waals surface area (Å²) in [6, 6.07) is 5.36. The number of nitrogens with zero attached hydrogens (tertiary/aromatic N) is 3. The van der Waals surface area contributed by atoms with Gasteiger partial charge in [-0.15, -0.1) is 10.2 Å². The fourth-order valence-corrected chi connectivity index (χ4v) is 4.26. The van der Waals surface area contributed by atoms with E-state index in [9.17, 15) is 4.79 Å². The molecule has 0 radical (unpaired) electrons. The van der Waals surface area contributed by atoms with Crippen LogP contribution < -0.4 is 11.2 Å². The SMILES string of the molecule is C[C@@H](Sc1nnc(-c2ccc(Cl)cc2Cl)n1N)C(=O)NC1CCCCC1. The molecule has 1 saturated carbocycles. The first kappa shape index (κ1) is 19.3. The maximum Gasteiger partial charge on any atom is 0.233 e. The first-order valence-corrected chi connectivity index (χ1v) is 10.2. The summed E-state index contributed by atoms with van der Waals surface area (Å²) in [5.41, 5.74) is 0.636. The minimum absolute atomic E-state index is 0.00373. The molecule has 1 aliphatic rings. The molecular weight excluding hydrogens is 393 g/mol. The number of amides is 1. The van der Waals surface area contributed by atoms with Crippen molar-refractivity contribution < 1.29 is 4.79 Å². The van der Waals surface area contributed by atoms with Gasteiger partial charge in [-0.3, -0.25) is 4.79 Å². The first-order chi connectivity index (χ1) is 12.5. The molecule has 1 aromatic heterocycles. The van der Waals surface area contributed by atoms with Crippen LogP contribution >= 0.6 is 35.0 Å². The van der Waals surface area contributed by atoms with Crippen LogP contribution in [0, 0.1) is 0 Å². The molecule has 1 fully saturated rings. The van der Waals surface area contributed by atoms with Crippen molar-refractivity contribution in [3.63, 3.8) is 0 Å². The fourth-order valence-electron chi connectivity index (χ4n) is 2.99. The second kappa shape index (κ2) is 8.50. The highest BCUT2D eigenvalue weighted by Crippen LogP contribution is 2.31. The average molecular weight is 414 g/mol. The van der Waals surface area contributed by atoms with Gasteiger partial charge in [0, 0.05) is 16.6 Å². The van der Waals surface area contributed by atoms with E-state index < -0.39 is 0 Å². The molecule has 3 N–H and O–H groups in total. The highest BCUT2D eigenvalue weighted by molar-refractivity contribution is 8.00. The van der Waals surface area contributed by atoms with Gasteiger partial charge in [0.15, 0.2) is 5.82 Å². The molecule has 26 heavy (non-hydrogen) atoms.